The van der Waals surface area contributed by atoms with Gasteiger partial charge in [-0.25, -0.2) is 4.58 Å². The van der Waals surface area contributed by atoms with Gasteiger partial charge in [-0.3, -0.25) is 0 Å². The molecule has 1 rings (SSSR count). The van der Waals surface area contributed by atoms with Crippen LogP contribution in [-0.4, -0.2) is 58.5 Å². The van der Waals surface area contributed by atoms with Gasteiger partial charge >= 0.3 is 42.1 Å². The summed E-state index contributed by atoms with van der Waals surface area (Å²) in [6, 6.07) is 0. The van der Waals surface area contributed by atoms with Crippen molar-refractivity contribution in [3.63, 3.8) is 0 Å². The third-order valence-electron chi connectivity index (χ3n) is 3.70. The van der Waals surface area contributed by atoms with Gasteiger partial charge < -0.3 is 23.0 Å². The molecule has 0 fully saturated rings. The van der Waals surface area contributed by atoms with Crippen molar-refractivity contribution in [2.24, 2.45) is 0 Å². The van der Waals surface area contributed by atoms with E-state index in [2.05, 4.69) is 50.7 Å². The maximum Gasteiger partial charge on any atom is 2.00 e. The fourth-order valence-electron chi connectivity index (χ4n) is 2.53. The fourth-order valence-corrected chi connectivity index (χ4v) is 2.53. The van der Waals surface area contributed by atoms with E-state index in [-0.39, 0.29) is 105 Å². The van der Waals surface area contributed by atoms with E-state index in [1.54, 1.807) is 0 Å². The zero-order chi connectivity index (χ0) is 14.4. The largest absolute Gasteiger partial charge is 2.00 e. The Labute approximate surface area is 220 Å². The Morgan fingerprint density at radius 2 is 1.54 bits per heavy atom. The second kappa shape index (κ2) is 19.9. The van der Waals surface area contributed by atoms with Crippen molar-refractivity contribution in [3.8, 4) is 0 Å². The first-order valence-electron chi connectivity index (χ1n) is 7.00. The second-order valence-electron chi connectivity index (χ2n) is 5.20. The first kappa shape index (κ1) is 37.0. The molecular formula is C16H28N3W5+3. The van der Waals surface area contributed by atoms with Crippen molar-refractivity contribution < 1.29 is 119 Å². The summed E-state index contributed by atoms with van der Waals surface area (Å²) in [6.07, 6.45) is 5.21. The molecule has 0 radical (unpaired) electrons. The van der Waals surface area contributed by atoms with Crippen molar-refractivity contribution in [2.75, 3.05) is 27.7 Å². The summed E-state index contributed by atoms with van der Waals surface area (Å²) in [4.78, 5) is 0. The average Bonchev–Trinajstić information content (AvgIpc) is 2.37. The summed E-state index contributed by atoms with van der Waals surface area (Å²) in [6.45, 7) is 11.4. The topological polar surface area (TPSA) is 9.03 Å². The van der Waals surface area contributed by atoms with Crippen LogP contribution in [0.1, 0.15) is 32.1 Å². The van der Waals surface area contributed by atoms with E-state index in [1.165, 1.54) is 24.3 Å². The summed E-state index contributed by atoms with van der Waals surface area (Å²) < 4.78 is 6.43. The van der Waals surface area contributed by atoms with Gasteiger partial charge in [-0.05, 0) is 24.9 Å². The minimum atomic E-state index is 0. The predicted octanol–water partition coefficient (Wildman–Crippen LogP) is 1.81. The molecule has 0 atom stereocenters. The van der Waals surface area contributed by atoms with Crippen LogP contribution in [0.5, 0.6) is 0 Å². The molecule has 0 saturated heterocycles. The Morgan fingerprint density at radius 1 is 1.04 bits per heavy atom. The van der Waals surface area contributed by atoms with Crippen LogP contribution in [0, 0.1) is 27.4 Å². The van der Waals surface area contributed by atoms with Crippen LogP contribution < -0.4 is 0 Å². The quantitative estimate of drug-likeness (QED) is 0.226. The zero-order valence-corrected chi connectivity index (χ0v) is 29.5. The molecule has 0 unspecified atom stereocenters. The van der Waals surface area contributed by atoms with Crippen molar-refractivity contribution in [2.45, 2.75) is 32.1 Å². The molecular weight excluding hydrogens is 1150 g/mol. The first-order valence-corrected chi connectivity index (χ1v) is 7.00. The fraction of sp³-hybridized carbons (Fsp3) is 0.562. The minimum Gasteiger partial charge on any atom is -0.381 e. The van der Waals surface area contributed by atoms with Crippen molar-refractivity contribution >= 4 is 17.1 Å². The molecule has 0 saturated carbocycles. The summed E-state index contributed by atoms with van der Waals surface area (Å²) in [7, 11) is 10.2. The first-order chi connectivity index (χ1) is 9.01. The van der Waals surface area contributed by atoms with Crippen molar-refractivity contribution in [1.29, 1.82) is 0 Å². The van der Waals surface area contributed by atoms with Crippen LogP contribution in [0.4, 0.5) is 0 Å². The second-order valence-corrected chi connectivity index (χ2v) is 5.20. The molecule has 24 heavy (non-hydrogen) atoms. The smallest absolute Gasteiger partial charge is 0.381 e. The molecule has 0 spiro atoms. The van der Waals surface area contributed by atoms with Gasteiger partial charge in [-0.2, -0.15) is 12.8 Å². The van der Waals surface area contributed by atoms with E-state index in [1.807, 2.05) is 11.6 Å². The van der Waals surface area contributed by atoms with Crippen LogP contribution in [0.2, 0.25) is 0 Å². The van der Waals surface area contributed by atoms with Crippen molar-refractivity contribution in [1.82, 2.24) is 0 Å². The van der Waals surface area contributed by atoms with Gasteiger partial charge in [0.25, 0.3) is 0 Å². The number of hydrogen-bond donors (Lipinski definition) is 0. The van der Waals surface area contributed by atoms with Crippen LogP contribution >= 0.6 is 0 Å². The van der Waals surface area contributed by atoms with Gasteiger partial charge in [0.05, 0.1) is 6.54 Å². The normalized spacial score (nSPS) is 15.0. The summed E-state index contributed by atoms with van der Waals surface area (Å²) in [5.74, 6) is 0. The van der Waals surface area contributed by atoms with Crippen LogP contribution in [0.25, 0.3) is 0 Å². The Morgan fingerprint density at radius 3 is 1.92 bits per heavy atom. The standard InChI is InChI=1S/C16H28N3.5W/c1-7-15(17(3)4)16(8-2)19(6)13-14-11-9-10-12-18(14)5;;;;;/h13H,1-3,7-12H2,4-6H3;;;;;/q-1;;;;2*+2. The van der Waals surface area contributed by atoms with E-state index in [9.17, 15) is 0 Å². The van der Waals surface area contributed by atoms with Gasteiger partial charge in [-0.1, -0.05) is 0 Å². The van der Waals surface area contributed by atoms with Gasteiger partial charge in [0.2, 0.25) is 0 Å². The Balaban J connectivity index is -0.000000241. The van der Waals surface area contributed by atoms with Gasteiger partial charge in [0.1, 0.15) is 27.7 Å². The summed E-state index contributed by atoms with van der Waals surface area (Å²) in [5.41, 5.74) is 3.74. The van der Waals surface area contributed by atoms with E-state index >= 15 is 0 Å². The number of nitrogens with zero attached hydrogens (tertiary/aromatic N) is 3. The molecule has 1 heterocycles. The molecule has 1 aliphatic rings. The van der Waals surface area contributed by atoms with Gasteiger partial charge in [0.15, 0.2) is 5.71 Å². The monoisotopic (exact) mass is 1180 g/mol. The molecule has 0 amide bonds. The molecule has 0 aliphatic carbocycles. The Hall–Kier alpha value is 2.19. The SMILES string of the molecule is [CH2-]CC(C(C[CH2-])=[N+](C)[CH-]C1=[N+](C)CCCC1)=[N+]([CH2-])C.[W+2].[W+2].[W].[W].[W]. The van der Waals surface area contributed by atoms with E-state index in [0.717, 1.165) is 31.5 Å². The van der Waals surface area contributed by atoms with Gasteiger partial charge in [0, 0.05) is 76.0 Å². The zero-order valence-electron chi connectivity index (χ0n) is 14.8. The Bertz CT molecular complexity index is 427. The third-order valence-corrected chi connectivity index (χ3v) is 3.70. The molecule has 3 nitrogen and oxygen atoms in total. The number of hydrogen-bond acceptors (Lipinski definition) is 0. The van der Waals surface area contributed by atoms with Gasteiger partial charge in [-0.15, -0.1) is 0 Å². The van der Waals surface area contributed by atoms with Crippen molar-refractivity contribution in [3.05, 3.63) is 27.4 Å². The minimum absolute atomic E-state index is 0. The number of rotatable bonds is 5. The molecule has 134 valence electrons. The van der Waals surface area contributed by atoms with Crippen LogP contribution in [0.3, 0.4) is 0 Å². The summed E-state index contributed by atoms with van der Waals surface area (Å²) >= 11 is 0. The van der Waals surface area contributed by atoms with Crippen LogP contribution in [-0.2, 0) is 105 Å². The Kier molecular flexibility index (Phi) is 30.8. The maximum absolute atomic E-state index is 4.05. The summed E-state index contributed by atoms with van der Waals surface area (Å²) in [5, 5.41) is 0. The van der Waals surface area contributed by atoms with E-state index in [4.69, 9.17) is 0 Å². The molecule has 0 aromatic heterocycles. The molecule has 0 aromatic rings. The maximum atomic E-state index is 4.05. The average molecular weight is 1180 g/mol. The third kappa shape index (κ3) is 11.8. The van der Waals surface area contributed by atoms with Crippen LogP contribution in [0.15, 0.2) is 0 Å². The molecule has 1 aliphatic heterocycles. The predicted molar refractivity (Wildman–Crippen MR) is 81.9 cm³/mol. The van der Waals surface area contributed by atoms with E-state index in [0.29, 0.717) is 0 Å². The molecule has 8 heteroatoms. The molecule has 0 aromatic carbocycles. The molecule has 0 N–H and O–H groups in total. The molecule has 0 bridgehead atoms. The van der Waals surface area contributed by atoms with E-state index < -0.39 is 0 Å².